The van der Waals surface area contributed by atoms with E-state index in [1.807, 2.05) is 0 Å². The fourth-order valence-corrected chi connectivity index (χ4v) is 6.73. The van der Waals surface area contributed by atoms with Gasteiger partial charge in [-0.1, -0.05) is 33.8 Å². The quantitative estimate of drug-likeness (QED) is 0.209. The molecule has 4 unspecified atom stereocenters. The summed E-state index contributed by atoms with van der Waals surface area (Å²) in [6.45, 7) is 9.18. The maximum atomic E-state index is 13.6. The number of ether oxygens (including phenoxy) is 3. The first kappa shape index (κ1) is 37.8. The van der Waals surface area contributed by atoms with Gasteiger partial charge in [-0.2, -0.15) is 26.3 Å². The lowest BCUT2D eigenvalue weighted by Gasteiger charge is -2.36. The lowest BCUT2D eigenvalue weighted by molar-refractivity contribution is -0.144. The van der Waals surface area contributed by atoms with E-state index in [1.165, 1.54) is 19.1 Å². The number of rotatable bonds is 9. The molecule has 0 saturated carbocycles. The third-order valence-corrected chi connectivity index (χ3v) is 9.46. The highest BCUT2D eigenvalue weighted by Crippen LogP contribution is 2.47. The van der Waals surface area contributed by atoms with Gasteiger partial charge in [0, 0.05) is 29.2 Å². The number of hydrogen-bond donors (Lipinski definition) is 1. The van der Waals surface area contributed by atoms with E-state index in [-0.39, 0.29) is 29.5 Å². The summed E-state index contributed by atoms with van der Waals surface area (Å²) in [7, 11) is 2.70. The van der Waals surface area contributed by atoms with Gasteiger partial charge in [0.15, 0.2) is 0 Å². The predicted molar refractivity (Wildman–Crippen MR) is 168 cm³/mol. The second kappa shape index (κ2) is 14.1. The fraction of sp³-hybridized carbons (Fsp3) is 0.571. The Morgan fingerprint density at radius 2 is 1.78 bits per heavy atom. The molecule has 4 rings (SSSR count). The van der Waals surface area contributed by atoms with Crippen molar-refractivity contribution >= 4 is 23.5 Å². The molecule has 0 spiro atoms. The number of alkyl halides is 6. The molecule has 1 aromatic carbocycles. The second-order valence-corrected chi connectivity index (χ2v) is 13.9. The van der Waals surface area contributed by atoms with Crippen LogP contribution in [-0.2, 0) is 14.3 Å². The number of allylic oxidation sites excluding steroid dienone is 4. The largest absolute Gasteiger partial charge is 0.496 e. The minimum absolute atomic E-state index is 0.00284. The molecular formula is C35H42F6N2O6. The van der Waals surface area contributed by atoms with Gasteiger partial charge in [-0.15, -0.1) is 0 Å². The molecule has 49 heavy (non-hydrogen) atoms. The van der Waals surface area contributed by atoms with Crippen LogP contribution in [0.25, 0.3) is 5.57 Å². The summed E-state index contributed by atoms with van der Waals surface area (Å²) >= 11 is 0. The number of hydrogen-bond acceptors (Lipinski definition) is 6. The number of halogens is 6. The van der Waals surface area contributed by atoms with E-state index < -0.39 is 72.0 Å². The van der Waals surface area contributed by atoms with Gasteiger partial charge >= 0.3 is 24.4 Å². The van der Waals surface area contributed by atoms with E-state index in [4.69, 9.17) is 14.2 Å². The zero-order valence-electron chi connectivity index (χ0n) is 28.5. The maximum absolute atomic E-state index is 13.6. The Hall–Kier alpha value is -3.97. The number of esters is 1. The molecule has 1 saturated heterocycles. The van der Waals surface area contributed by atoms with Crippen LogP contribution in [0.1, 0.15) is 76.2 Å². The molecule has 0 bridgehead atoms. The molecule has 1 aromatic rings. The molecule has 14 heteroatoms. The molecule has 0 aromatic heterocycles. The van der Waals surface area contributed by atoms with Crippen LogP contribution >= 0.6 is 0 Å². The van der Waals surface area contributed by atoms with Crippen molar-refractivity contribution in [2.24, 2.45) is 17.3 Å². The van der Waals surface area contributed by atoms with Crippen LogP contribution in [0.2, 0.25) is 0 Å². The predicted octanol–water partition coefficient (Wildman–Crippen LogP) is 7.79. The highest BCUT2D eigenvalue weighted by Gasteiger charge is 2.49. The van der Waals surface area contributed by atoms with Crippen LogP contribution in [0.4, 0.5) is 31.1 Å². The molecular weight excluding hydrogens is 658 g/mol. The average Bonchev–Trinajstić information content (AvgIpc) is 3.29. The number of carbonyl (C=O) groups is 3. The van der Waals surface area contributed by atoms with Crippen molar-refractivity contribution < 1.29 is 54.9 Å². The highest BCUT2D eigenvalue weighted by atomic mass is 19.4. The van der Waals surface area contributed by atoms with Gasteiger partial charge in [-0.05, 0) is 79.4 Å². The fourth-order valence-electron chi connectivity index (χ4n) is 6.73. The average molecular weight is 701 g/mol. The number of nitrogens with one attached hydrogen (secondary N) is 1. The van der Waals surface area contributed by atoms with Crippen molar-refractivity contribution in [3.8, 4) is 5.75 Å². The number of nitrogens with zero attached hydrogens (tertiary/aromatic N) is 1. The summed E-state index contributed by atoms with van der Waals surface area (Å²) in [5.41, 5.74) is -0.567. The number of carbonyl (C=O) groups excluding carboxylic acids is 3. The number of benzene rings is 1. The Morgan fingerprint density at radius 3 is 2.35 bits per heavy atom. The van der Waals surface area contributed by atoms with Crippen molar-refractivity contribution in [3.63, 3.8) is 0 Å². The molecule has 1 heterocycles. The molecule has 1 fully saturated rings. The van der Waals surface area contributed by atoms with Gasteiger partial charge in [-0.25, -0.2) is 9.59 Å². The third kappa shape index (κ3) is 8.43. The first-order valence-electron chi connectivity index (χ1n) is 16.0. The van der Waals surface area contributed by atoms with Gasteiger partial charge in [0.25, 0.3) is 5.91 Å². The first-order valence-corrected chi connectivity index (χ1v) is 16.0. The van der Waals surface area contributed by atoms with Crippen molar-refractivity contribution in [3.05, 3.63) is 58.2 Å². The summed E-state index contributed by atoms with van der Waals surface area (Å²) in [6, 6.07) is 3.07. The van der Waals surface area contributed by atoms with Crippen molar-refractivity contribution in [1.82, 2.24) is 10.2 Å². The SMILES string of the molecule is COC(=O)C(NC(=O)c1ccc(OC)c(C2=C(CN3C(=O)OC(C4C=C(C(F)(F)F)C=C(C(F)(F)F)C4)C3C)CC(C)(C)CC2)c1)C(C)C. The van der Waals surface area contributed by atoms with E-state index in [1.54, 1.807) is 39.0 Å². The standard InChI is InChI=1S/C35H42F6N2O6/c1-18(2)28(31(45)48-7)42-30(44)20-8-9-27(47-6)26(14-20)25-10-11-33(4,5)16-22(25)17-43-19(3)29(49-32(43)46)21-12-23(34(36,37)38)15-24(13-21)35(39,40)41/h8-9,12,14-15,18-19,21,28-29H,10-11,13,16-17H2,1-7H3,(H,42,44). The van der Waals surface area contributed by atoms with Crippen LogP contribution in [0.5, 0.6) is 5.75 Å². The Labute approximate surface area is 281 Å². The van der Waals surface area contributed by atoms with Crippen LogP contribution in [0.15, 0.2) is 47.1 Å². The summed E-state index contributed by atoms with van der Waals surface area (Å²) in [5.74, 6) is -2.27. The van der Waals surface area contributed by atoms with E-state index in [2.05, 4.69) is 19.2 Å². The zero-order chi connectivity index (χ0) is 36.6. The molecule has 4 atom stereocenters. The Bertz CT molecular complexity index is 1560. The summed E-state index contributed by atoms with van der Waals surface area (Å²) in [4.78, 5) is 40.2. The van der Waals surface area contributed by atoms with Gasteiger partial charge in [0.2, 0.25) is 0 Å². The molecule has 8 nitrogen and oxygen atoms in total. The van der Waals surface area contributed by atoms with E-state index >= 15 is 0 Å². The monoisotopic (exact) mass is 700 g/mol. The smallest absolute Gasteiger partial charge is 0.416 e. The molecule has 2 aliphatic carbocycles. The van der Waals surface area contributed by atoms with Crippen LogP contribution < -0.4 is 10.1 Å². The number of amides is 2. The van der Waals surface area contributed by atoms with Crippen molar-refractivity contribution in [2.75, 3.05) is 20.8 Å². The van der Waals surface area contributed by atoms with E-state index in [0.717, 1.165) is 17.6 Å². The zero-order valence-corrected chi connectivity index (χ0v) is 28.5. The molecule has 270 valence electrons. The van der Waals surface area contributed by atoms with Crippen molar-refractivity contribution in [2.45, 2.75) is 90.8 Å². The number of methoxy groups -OCH3 is 2. The summed E-state index contributed by atoms with van der Waals surface area (Å²) in [6.07, 6.45) is -10.3. The minimum atomic E-state index is -5.02. The van der Waals surface area contributed by atoms with Crippen LogP contribution in [0, 0.1) is 17.3 Å². The van der Waals surface area contributed by atoms with Gasteiger partial charge in [0.1, 0.15) is 17.9 Å². The van der Waals surface area contributed by atoms with Gasteiger partial charge < -0.3 is 19.5 Å². The van der Waals surface area contributed by atoms with E-state index in [0.29, 0.717) is 30.2 Å². The summed E-state index contributed by atoms with van der Waals surface area (Å²) in [5, 5.41) is 2.72. The molecule has 0 radical (unpaired) electrons. The third-order valence-electron chi connectivity index (χ3n) is 9.46. The second-order valence-electron chi connectivity index (χ2n) is 13.9. The lowest BCUT2D eigenvalue weighted by Crippen LogP contribution is -2.45. The van der Waals surface area contributed by atoms with Crippen LogP contribution in [-0.4, -0.2) is 74.2 Å². The first-order chi connectivity index (χ1) is 22.7. The lowest BCUT2D eigenvalue weighted by atomic mass is 9.72. The topological polar surface area (TPSA) is 94.2 Å². The maximum Gasteiger partial charge on any atom is 0.416 e. The number of cyclic esters (lactones) is 1. The molecule has 3 aliphatic rings. The Balaban J connectivity index is 1.69. The molecule has 1 N–H and O–H groups in total. The van der Waals surface area contributed by atoms with Gasteiger partial charge in [-0.3, -0.25) is 9.69 Å². The Morgan fingerprint density at radius 1 is 1.10 bits per heavy atom. The van der Waals surface area contributed by atoms with Gasteiger partial charge in [0.05, 0.1) is 25.8 Å². The minimum Gasteiger partial charge on any atom is -0.496 e. The van der Waals surface area contributed by atoms with Crippen molar-refractivity contribution in [1.29, 1.82) is 0 Å². The Kier molecular flexibility index (Phi) is 10.9. The summed E-state index contributed by atoms with van der Waals surface area (Å²) < 4.78 is 97.8. The molecule has 2 amide bonds. The highest BCUT2D eigenvalue weighted by molar-refractivity contribution is 5.98. The van der Waals surface area contributed by atoms with Crippen LogP contribution in [0.3, 0.4) is 0 Å². The van der Waals surface area contributed by atoms with E-state index in [9.17, 15) is 40.7 Å². The molecule has 1 aliphatic heterocycles. The normalized spacial score (nSPS) is 23.5.